The molecule has 0 aliphatic carbocycles. The summed E-state index contributed by atoms with van der Waals surface area (Å²) in [6.07, 6.45) is 1.77. The summed E-state index contributed by atoms with van der Waals surface area (Å²) >= 11 is 0. The highest BCUT2D eigenvalue weighted by Gasteiger charge is 2.36. The van der Waals surface area contributed by atoms with Gasteiger partial charge in [0.25, 0.3) is 0 Å². The van der Waals surface area contributed by atoms with Crippen LogP contribution in [0.1, 0.15) is 12.0 Å². The van der Waals surface area contributed by atoms with Crippen LogP contribution in [0.2, 0.25) is 0 Å². The molecule has 0 N–H and O–H groups in total. The molecule has 6 nitrogen and oxygen atoms in total. The van der Waals surface area contributed by atoms with Gasteiger partial charge in [0.1, 0.15) is 0 Å². The number of nitrogens with zero attached hydrogens (tertiary/aromatic N) is 2. The van der Waals surface area contributed by atoms with E-state index in [0.29, 0.717) is 18.1 Å². The molecule has 1 atom stereocenters. The van der Waals surface area contributed by atoms with Crippen molar-refractivity contribution in [1.29, 1.82) is 0 Å². The second-order valence-electron chi connectivity index (χ2n) is 4.44. The van der Waals surface area contributed by atoms with Crippen molar-refractivity contribution in [2.45, 2.75) is 13.3 Å². The fourth-order valence-electron chi connectivity index (χ4n) is 2.18. The van der Waals surface area contributed by atoms with E-state index < -0.39 is 5.92 Å². The SMILES string of the molecule is COC(=O)C1CC(=O)N(c2cnc(OC)cc2C)C1. The molecule has 0 radical (unpaired) electrons. The van der Waals surface area contributed by atoms with E-state index in [1.807, 2.05) is 6.92 Å². The highest BCUT2D eigenvalue weighted by molar-refractivity contribution is 5.99. The number of pyridine rings is 1. The quantitative estimate of drug-likeness (QED) is 0.759. The molecule has 1 aliphatic heterocycles. The molecule has 0 bridgehead atoms. The highest BCUT2D eigenvalue weighted by Crippen LogP contribution is 2.29. The minimum absolute atomic E-state index is 0.0922. The zero-order valence-electron chi connectivity index (χ0n) is 11.2. The van der Waals surface area contributed by atoms with Gasteiger partial charge in [-0.05, 0) is 12.5 Å². The van der Waals surface area contributed by atoms with Gasteiger partial charge in [0.05, 0.1) is 32.0 Å². The van der Waals surface area contributed by atoms with E-state index in [1.54, 1.807) is 17.2 Å². The lowest BCUT2D eigenvalue weighted by Crippen LogP contribution is -2.27. The molecule has 1 saturated heterocycles. The molecule has 1 fully saturated rings. The molecule has 0 saturated carbocycles. The van der Waals surface area contributed by atoms with Crippen LogP contribution in [-0.2, 0) is 14.3 Å². The summed E-state index contributed by atoms with van der Waals surface area (Å²) in [6, 6.07) is 1.76. The number of methoxy groups -OCH3 is 2. The van der Waals surface area contributed by atoms with Crippen molar-refractivity contribution in [3.8, 4) is 5.88 Å². The number of hydrogen-bond donors (Lipinski definition) is 0. The van der Waals surface area contributed by atoms with Crippen LogP contribution in [0.5, 0.6) is 5.88 Å². The predicted octanol–water partition coefficient (Wildman–Crippen LogP) is 0.925. The Labute approximate surface area is 111 Å². The Bertz CT molecular complexity index is 515. The first-order valence-corrected chi connectivity index (χ1v) is 5.95. The molecule has 102 valence electrons. The summed E-state index contributed by atoms with van der Waals surface area (Å²) in [6.45, 7) is 2.21. The average Bonchev–Trinajstić information content (AvgIpc) is 2.79. The lowest BCUT2D eigenvalue weighted by Gasteiger charge is -2.18. The van der Waals surface area contributed by atoms with E-state index in [9.17, 15) is 9.59 Å². The van der Waals surface area contributed by atoms with Crippen molar-refractivity contribution in [2.75, 3.05) is 25.7 Å². The molecule has 1 amide bonds. The van der Waals surface area contributed by atoms with Gasteiger partial charge in [-0.2, -0.15) is 0 Å². The van der Waals surface area contributed by atoms with Crippen molar-refractivity contribution in [3.05, 3.63) is 17.8 Å². The maximum atomic E-state index is 12.0. The molecule has 19 heavy (non-hydrogen) atoms. The Morgan fingerprint density at radius 1 is 1.47 bits per heavy atom. The third-order valence-corrected chi connectivity index (χ3v) is 3.22. The van der Waals surface area contributed by atoms with E-state index in [2.05, 4.69) is 9.72 Å². The first-order valence-electron chi connectivity index (χ1n) is 5.95. The van der Waals surface area contributed by atoms with E-state index >= 15 is 0 Å². The molecule has 0 spiro atoms. The van der Waals surface area contributed by atoms with E-state index in [1.165, 1.54) is 14.2 Å². The standard InChI is InChI=1S/C13H16N2O4/c1-8-4-11(18-2)14-6-10(8)15-7-9(5-12(15)16)13(17)19-3/h4,6,9H,5,7H2,1-3H3. The number of carbonyl (C=O) groups is 2. The van der Waals surface area contributed by atoms with Crippen LogP contribution in [-0.4, -0.2) is 37.6 Å². The van der Waals surface area contributed by atoms with Gasteiger partial charge >= 0.3 is 5.97 Å². The summed E-state index contributed by atoms with van der Waals surface area (Å²) in [4.78, 5) is 29.1. The predicted molar refractivity (Wildman–Crippen MR) is 68.0 cm³/mol. The summed E-state index contributed by atoms with van der Waals surface area (Å²) in [5, 5.41) is 0. The van der Waals surface area contributed by atoms with Gasteiger partial charge in [0.2, 0.25) is 11.8 Å². The number of carbonyl (C=O) groups excluding carboxylic acids is 2. The van der Waals surface area contributed by atoms with E-state index in [-0.39, 0.29) is 18.3 Å². The smallest absolute Gasteiger partial charge is 0.311 e. The Kier molecular flexibility index (Phi) is 3.69. The number of hydrogen-bond acceptors (Lipinski definition) is 5. The summed E-state index contributed by atoms with van der Waals surface area (Å²) in [5.74, 6) is -0.350. The van der Waals surface area contributed by atoms with Crippen LogP contribution < -0.4 is 9.64 Å². The number of esters is 1. The molecule has 2 heterocycles. The number of rotatable bonds is 3. The monoisotopic (exact) mass is 264 g/mol. The summed E-state index contributed by atoms with van der Waals surface area (Å²) in [5.41, 5.74) is 1.59. The van der Waals surface area contributed by atoms with Crippen LogP contribution in [0, 0.1) is 12.8 Å². The van der Waals surface area contributed by atoms with Gasteiger partial charge in [-0.1, -0.05) is 0 Å². The minimum Gasteiger partial charge on any atom is -0.481 e. The van der Waals surface area contributed by atoms with Crippen molar-refractivity contribution < 1.29 is 19.1 Å². The lowest BCUT2D eigenvalue weighted by molar-refractivity contribution is -0.145. The van der Waals surface area contributed by atoms with Gasteiger partial charge < -0.3 is 14.4 Å². The van der Waals surface area contributed by atoms with Crippen molar-refractivity contribution in [2.24, 2.45) is 5.92 Å². The zero-order chi connectivity index (χ0) is 14.0. The Hall–Kier alpha value is -2.11. The van der Waals surface area contributed by atoms with Crippen molar-refractivity contribution >= 4 is 17.6 Å². The molecule has 0 aromatic carbocycles. The molecule has 2 rings (SSSR count). The van der Waals surface area contributed by atoms with Gasteiger partial charge in [-0.3, -0.25) is 9.59 Å². The Balaban J connectivity index is 2.23. The second-order valence-corrected chi connectivity index (χ2v) is 4.44. The van der Waals surface area contributed by atoms with Gasteiger partial charge in [-0.15, -0.1) is 0 Å². The fraction of sp³-hybridized carbons (Fsp3) is 0.462. The number of aromatic nitrogens is 1. The molecule has 1 aliphatic rings. The topological polar surface area (TPSA) is 68.7 Å². The van der Waals surface area contributed by atoms with Gasteiger partial charge in [-0.25, -0.2) is 4.98 Å². The third kappa shape index (κ3) is 2.52. The first-order chi connectivity index (χ1) is 9.06. The molecule has 1 unspecified atom stereocenters. The molecular weight excluding hydrogens is 248 g/mol. The maximum Gasteiger partial charge on any atom is 0.311 e. The summed E-state index contributed by atoms with van der Waals surface area (Å²) in [7, 11) is 2.87. The number of amides is 1. The van der Waals surface area contributed by atoms with Crippen LogP contribution >= 0.6 is 0 Å². The average molecular weight is 264 g/mol. The molecular formula is C13H16N2O4. The van der Waals surface area contributed by atoms with E-state index in [4.69, 9.17) is 4.74 Å². The fourth-order valence-corrected chi connectivity index (χ4v) is 2.18. The molecule has 1 aromatic rings. The van der Waals surface area contributed by atoms with Crippen LogP contribution in [0.4, 0.5) is 5.69 Å². The number of ether oxygens (including phenoxy) is 2. The zero-order valence-corrected chi connectivity index (χ0v) is 11.2. The normalized spacial score (nSPS) is 18.6. The maximum absolute atomic E-state index is 12.0. The second kappa shape index (κ2) is 5.26. The number of aryl methyl sites for hydroxylation is 1. The Morgan fingerprint density at radius 3 is 2.79 bits per heavy atom. The highest BCUT2D eigenvalue weighted by atomic mass is 16.5. The van der Waals surface area contributed by atoms with Crippen molar-refractivity contribution in [3.63, 3.8) is 0 Å². The minimum atomic E-state index is -0.404. The van der Waals surface area contributed by atoms with Gasteiger partial charge in [0.15, 0.2) is 0 Å². The molecule has 1 aromatic heterocycles. The number of anilines is 1. The molecule has 6 heteroatoms. The van der Waals surface area contributed by atoms with E-state index in [0.717, 1.165) is 5.56 Å². The van der Waals surface area contributed by atoms with Gasteiger partial charge in [0, 0.05) is 19.0 Å². The Morgan fingerprint density at radius 2 is 2.21 bits per heavy atom. The summed E-state index contributed by atoms with van der Waals surface area (Å²) < 4.78 is 9.71. The first kappa shape index (κ1) is 13.3. The van der Waals surface area contributed by atoms with Crippen molar-refractivity contribution in [1.82, 2.24) is 4.98 Å². The van der Waals surface area contributed by atoms with Crippen LogP contribution in [0.3, 0.4) is 0 Å². The van der Waals surface area contributed by atoms with Crippen LogP contribution in [0.15, 0.2) is 12.3 Å². The van der Waals surface area contributed by atoms with Crippen LogP contribution in [0.25, 0.3) is 0 Å². The third-order valence-electron chi connectivity index (χ3n) is 3.22. The lowest BCUT2D eigenvalue weighted by atomic mass is 10.1. The largest absolute Gasteiger partial charge is 0.481 e.